The number of amides is 1. The number of carbonyl (C=O) groups excluding carboxylic acids is 1. The van der Waals surface area contributed by atoms with Gasteiger partial charge in [-0.3, -0.25) is 4.79 Å². The number of fused-ring (bicyclic) bond motifs is 1. The van der Waals surface area contributed by atoms with Gasteiger partial charge in [0.2, 0.25) is 5.91 Å². The molecule has 2 aromatic carbocycles. The molecule has 3 rings (SSSR count). The Labute approximate surface area is 129 Å². The Bertz CT molecular complexity index is 774. The molecule has 112 valence electrons. The van der Waals surface area contributed by atoms with E-state index in [1.807, 2.05) is 62.4 Å². The summed E-state index contributed by atoms with van der Waals surface area (Å²) >= 11 is 0. The van der Waals surface area contributed by atoms with Crippen molar-refractivity contribution in [2.24, 2.45) is 0 Å². The number of nitrogens with one attached hydrogen (secondary N) is 2. The third kappa shape index (κ3) is 3.01. The Balaban J connectivity index is 1.69. The van der Waals surface area contributed by atoms with E-state index in [4.69, 9.17) is 0 Å². The van der Waals surface area contributed by atoms with Gasteiger partial charge in [-0.05, 0) is 37.1 Å². The van der Waals surface area contributed by atoms with Gasteiger partial charge in [0.05, 0.1) is 23.5 Å². The van der Waals surface area contributed by atoms with Gasteiger partial charge in [-0.2, -0.15) is 0 Å². The predicted octanol–water partition coefficient (Wildman–Crippen LogP) is 3.29. The molecule has 3 aromatic rings. The highest BCUT2D eigenvalue weighted by Gasteiger charge is 2.14. The number of para-hydroxylation sites is 2. The van der Waals surface area contributed by atoms with E-state index < -0.39 is 0 Å². The van der Waals surface area contributed by atoms with E-state index >= 15 is 0 Å². The lowest BCUT2D eigenvalue weighted by atomic mass is 10.1. The number of imidazole rings is 1. The molecule has 1 atom stereocenters. The molecule has 0 aliphatic carbocycles. The van der Waals surface area contributed by atoms with Gasteiger partial charge in [0.1, 0.15) is 5.82 Å². The van der Waals surface area contributed by atoms with Crippen molar-refractivity contribution in [2.45, 2.75) is 26.3 Å². The number of benzene rings is 2. The van der Waals surface area contributed by atoms with Crippen molar-refractivity contribution in [2.75, 3.05) is 0 Å². The fourth-order valence-electron chi connectivity index (χ4n) is 2.52. The van der Waals surface area contributed by atoms with Crippen LogP contribution in [0.1, 0.15) is 29.9 Å². The largest absolute Gasteiger partial charge is 0.346 e. The Morgan fingerprint density at radius 3 is 2.68 bits per heavy atom. The lowest BCUT2D eigenvalue weighted by molar-refractivity contribution is -0.121. The smallest absolute Gasteiger partial charge is 0.225 e. The number of aryl methyl sites for hydroxylation is 1. The second-order valence-corrected chi connectivity index (χ2v) is 5.53. The molecular formula is C18H19N3O. The SMILES string of the molecule is Cc1ccccc1CC(=O)N[C@@H](C)c1nc2ccccc2[nH]1. The van der Waals surface area contributed by atoms with E-state index in [1.165, 1.54) is 0 Å². The molecule has 0 unspecified atom stereocenters. The van der Waals surface area contributed by atoms with E-state index in [-0.39, 0.29) is 11.9 Å². The summed E-state index contributed by atoms with van der Waals surface area (Å²) in [5.41, 5.74) is 4.08. The molecule has 4 heteroatoms. The number of nitrogens with zero attached hydrogens (tertiary/aromatic N) is 1. The van der Waals surface area contributed by atoms with Crippen molar-refractivity contribution < 1.29 is 4.79 Å². The van der Waals surface area contributed by atoms with Crippen LogP contribution in [-0.4, -0.2) is 15.9 Å². The van der Waals surface area contributed by atoms with E-state index in [9.17, 15) is 4.79 Å². The molecule has 0 saturated carbocycles. The molecule has 22 heavy (non-hydrogen) atoms. The minimum Gasteiger partial charge on any atom is -0.346 e. The molecule has 0 aliphatic heterocycles. The molecule has 1 amide bonds. The number of carbonyl (C=O) groups is 1. The Kier molecular flexibility index (Phi) is 3.92. The minimum atomic E-state index is -0.149. The minimum absolute atomic E-state index is 0.00209. The van der Waals surface area contributed by atoms with Crippen LogP contribution in [0.15, 0.2) is 48.5 Å². The predicted molar refractivity (Wildman–Crippen MR) is 87.5 cm³/mol. The molecule has 0 bridgehead atoms. The van der Waals surface area contributed by atoms with Gasteiger partial charge in [0, 0.05) is 0 Å². The maximum Gasteiger partial charge on any atom is 0.225 e. The van der Waals surface area contributed by atoms with Crippen LogP contribution >= 0.6 is 0 Å². The molecular weight excluding hydrogens is 274 g/mol. The summed E-state index contributed by atoms with van der Waals surface area (Å²) in [6.45, 7) is 3.96. The first kappa shape index (κ1) is 14.3. The van der Waals surface area contributed by atoms with Crippen LogP contribution < -0.4 is 5.32 Å². The van der Waals surface area contributed by atoms with Crippen molar-refractivity contribution in [3.05, 3.63) is 65.5 Å². The number of H-pyrrole nitrogens is 1. The molecule has 4 nitrogen and oxygen atoms in total. The summed E-state index contributed by atoms with van der Waals surface area (Å²) in [4.78, 5) is 20.0. The van der Waals surface area contributed by atoms with Crippen LogP contribution in [0.2, 0.25) is 0 Å². The zero-order valence-corrected chi connectivity index (χ0v) is 12.8. The second-order valence-electron chi connectivity index (χ2n) is 5.53. The van der Waals surface area contributed by atoms with Gasteiger partial charge in [-0.1, -0.05) is 36.4 Å². The lowest BCUT2D eigenvalue weighted by Gasteiger charge is -2.12. The molecule has 1 heterocycles. The maximum atomic E-state index is 12.2. The topological polar surface area (TPSA) is 57.8 Å². The molecule has 0 saturated heterocycles. The molecule has 0 fully saturated rings. The summed E-state index contributed by atoms with van der Waals surface area (Å²) < 4.78 is 0. The average molecular weight is 293 g/mol. The number of hydrogen-bond donors (Lipinski definition) is 2. The van der Waals surface area contributed by atoms with Crippen LogP contribution in [0.3, 0.4) is 0 Å². The first-order valence-corrected chi connectivity index (χ1v) is 7.42. The van der Waals surface area contributed by atoms with Gasteiger partial charge < -0.3 is 10.3 Å². The first-order chi connectivity index (χ1) is 10.6. The van der Waals surface area contributed by atoms with E-state index in [0.717, 1.165) is 28.0 Å². The van der Waals surface area contributed by atoms with Crippen LogP contribution in [0.5, 0.6) is 0 Å². The number of aromatic nitrogens is 2. The summed E-state index contributed by atoms with van der Waals surface area (Å²) in [5, 5.41) is 3.00. The van der Waals surface area contributed by atoms with Crippen LogP contribution in [0.25, 0.3) is 11.0 Å². The van der Waals surface area contributed by atoms with Gasteiger partial charge in [0.15, 0.2) is 0 Å². The maximum absolute atomic E-state index is 12.2. The van der Waals surface area contributed by atoms with E-state index in [2.05, 4.69) is 15.3 Å². The summed E-state index contributed by atoms with van der Waals surface area (Å²) in [7, 11) is 0. The lowest BCUT2D eigenvalue weighted by Crippen LogP contribution is -2.28. The quantitative estimate of drug-likeness (QED) is 0.775. The summed E-state index contributed by atoms with van der Waals surface area (Å²) in [6.07, 6.45) is 0.386. The molecule has 2 N–H and O–H groups in total. The fourth-order valence-corrected chi connectivity index (χ4v) is 2.52. The van der Waals surface area contributed by atoms with Gasteiger partial charge in [-0.25, -0.2) is 4.98 Å². The van der Waals surface area contributed by atoms with Crippen molar-refractivity contribution >= 4 is 16.9 Å². The number of rotatable bonds is 4. The van der Waals surface area contributed by atoms with Gasteiger partial charge >= 0.3 is 0 Å². The van der Waals surface area contributed by atoms with Crippen molar-refractivity contribution in [3.8, 4) is 0 Å². The van der Waals surface area contributed by atoms with Gasteiger partial charge in [0.25, 0.3) is 0 Å². The van der Waals surface area contributed by atoms with Crippen molar-refractivity contribution in [1.29, 1.82) is 0 Å². The highest BCUT2D eigenvalue weighted by molar-refractivity contribution is 5.79. The number of aromatic amines is 1. The van der Waals surface area contributed by atoms with E-state index in [1.54, 1.807) is 0 Å². The Hall–Kier alpha value is -2.62. The highest BCUT2D eigenvalue weighted by atomic mass is 16.1. The van der Waals surface area contributed by atoms with Crippen molar-refractivity contribution in [3.63, 3.8) is 0 Å². The third-order valence-corrected chi connectivity index (χ3v) is 3.81. The van der Waals surface area contributed by atoms with E-state index in [0.29, 0.717) is 6.42 Å². The Morgan fingerprint density at radius 1 is 1.18 bits per heavy atom. The summed E-state index contributed by atoms with van der Waals surface area (Å²) in [6, 6.07) is 15.6. The number of hydrogen-bond acceptors (Lipinski definition) is 2. The molecule has 0 radical (unpaired) electrons. The normalized spacial score (nSPS) is 12.3. The third-order valence-electron chi connectivity index (χ3n) is 3.81. The summed E-state index contributed by atoms with van der Waals surface area (Å²) in [5.74, 6) is 0.779. The fraction of sp³-hybridized carbons (Fsp3) is 0.222. The highest BCUT2D eigenvalue weighted by Crippen LogP contribution is 2.16. The van der Waals surface area contributed by atoms with Crippen LogP contribution in [0, 0.1) is 6.92 Å². The second kappa shape index (κ2) is 6.02. The molecule has 0 aliphatic rings. The van der Waals surface area contributed by atoms with Crippen LogP contribution in [-0.2, 0) is 11.2 Å². The zero-order valence-electron chi connectivity index (χ0n) is 12.8. The molecule has 1 aromatic heterocycles. The monoisotopic (exact) mass is 293 g/mol. The van der Waals surface area contributed by atoms with Gasteiger partial charge in [-0.15, -0.1) is 0 Å². The first-order valence-electron chi connectivity index (χ1n) is 7.42. The van der Waals surface area contributed by atoms with Crippen LogP contribution in [0.4, 0.5) is 0 Å². The van der Waals surface area contributed by atoms with Crippen molar-refractivity contribution in [1.82, 2.24) is 15.3 Å². The standard InChI is InChI=1S/C18H19N3O/c1-12-7-3-4-8-14(12)11-17(22)19-13(2)18-20-15-9-5-6-10-16(15)21-18/h3-10,13H,11H2,1-2H3,(H,19,22)(H,20,21)/t13-/m0/s1. The molecule has 0 spiro atoms. The average Bonchev–Trinajstić information content (AvgIpc) is 2.93. The zero-order chi connectivity index (χ0) is 15.5. The Morgan fingerprint density at radius 2 is 1.91 bits per heavy atom.